The lowest BCUT2D eigenvalue weighted by Crippen LogP contribution is -2.29. The fourth-order valence-electron chi connectivity index (χ4n) is 3.54. The van der Waals surface area contributed by atoms with Gasteiger partial charge in [0.1, 0.15) is 5.56 Å². The molecule has 1 heterocycles. The summed E-state index contributed by atoms with van der Waals surface area (Å²) in [4.78, 5) is 33.2. The molecule has 1 aromatic heterocycles. The molecule has 0 bridgehead atoms. The molecular formula is C18H18F3N3O6. The Morgan fingerprint density at radius 2 is 1.93 bits per heavy atom. The molecule has 9 nitrogen and oxygen atoms in total. The van der Waals surface area contributed by atoms with E-state index >= 15 is 0 Å². The van der Waals surface area contributed by atoms with E-state index in [1.54, 1.807) is 10.9 Å². The smallest absolute Gasteiger partial charge is 0.465 e. The maximum Gasteiger partial charge on any atom is 0.490 e. The van der Waals surface area contributed by atoms with Crippen LogP contribution in [0.1, 0.15) is 42.1 Å². The van der Waals surface area contributed by atoms with Gasteiger partial charge >= 0.3 is 18.1 Å². The number of hydrogen-bond donors (Lipinski definition) is 0. The number of hydrogen-bond acceptors (Lipinski definition) is 7. The molecule has 1 aliphatic rings. The van der Waals surface area contributed by atoms with Crippen molar-refractivity contribution < 1.29 is 37.2 Å². The van der Waals surface area contributed by atoms with Gasteiger partial charge in [0.05, 0.1) is 30.2 Å². The largest absolute Gasteiger partial charge is 0.490 e. The Labute approximate surface area is 167 Å². The molecule has 1 aliphatic carbocycles. The molecule has 0 amide bonds. The Hall–Kier alpha value is -3.18. The van der Waals surface area contributed by atoms with Gasteiger partial charge in [0.15, 0.2) is 0 Å². The minimum Gasteiger partial charge on any atom is -0.465 e. The normalized spacial score (nSPS) is 19.5. The lowest BCUT2D eigenvalue weighted by atomic mass is 9.86. The zero-order valence-corrected chi connectivity index (χ0v) is 15.8. The summed E-state index contributed by atoms with van der Waals surface area (Å²) >= 11 is 0. The quantitative estimate of drug-likeness (QED) is 0.406. The first-order valence-corrected chi connectivity index (χ1v) is 9.09. The number of alkyl halides is 3. The first-order valence-electron chi connectivity index (χ1n) is 9.09. The number of nitrogens with zero attached hydrogens (tertiary/aromatic N) is 3. The lowest BCUT2D eigenvalue weighted by Gasteiger charge is -2.28. The fraction of sp³-hybridized carbons (Fsp3) is 0.500. The first-order chi connectivity index (χ1) is 14.1. The molecule has 0 atom stereocenters. The Morgan fingerprint density at radius 3 is 2.50 bits per heavy atom. The van der Waals surface area contributed by atoms with Gasteiger partial charge < -0.3 is 9.47 Å². The van der Waals surface area contributed by atoms with Crippen LogP contribution in [0.25, 0.3) is 10.9 Å². The number of esters is 2. The van der Waals surface area contributed by atoms with Crippen molar-refractivity contribution >= 4 is 28.5 Å². The Kier molecular flexibility index (Phi) is 5.94. The van der Waals surface area contributed by atoms with Crippen LogP contribution in [0.4, 0.5) is 18.9 Å². The number of ether oxygens (including phenoxy) is 2. The number of fused-ring (bicyclic) bond motifs is 1. The maximum atomic E-state index is 12.2. The van der Waals surface area contributed by atoms with E-state index in [0.29, 0.717) is 36.6 Å². The number of halogens is 3. The molecule has 30 heavy (non-hydrogen) atoms. The van der Waals surface area contributed by atoms with Crippen LogP contribution < -0.4 is 0 Å². The number of rotatable bonds is 5. The van der Waals surface area contributed by atoms with Gasteiger partial charge in [-0.1, -0.05) is 0 Å². The summed E-state index contributed by atoms with van der Waals surface area (Å²) in [6, 6.07) is 2.50. The number of nitro benzene ring substituents is 1. The molecule has 1 saturated carbocycles. The molecule has 0 N–H and O–H groups in total. The zero-order valence-electron chi connectivity index (χ0n) is 15.8. The van der Waals surface area contributed by atoms with E-state index in [-0.39, 0.29) is 29.8 Å². The Bertz CT molecular complexity index is 979. The van der Waals surface area contributed by atoms with Crippen LogP contribution in [0.3, 0.4) is 0 Å². The van der Waals surface area contributed by atoms with Crippen LogP contribution in [0.5, 0.6) is 0 Å². The van der Waals surface area contributed by atoms with E-state index in [9.17, 15) is 32.9 Å². The third kappa shape index (κ3) is 4.52. The van der Waals surface area contributed by atoms with Crippen molar-refractivity contribution in [3.8, 4) is 0 Å². The SMILES string of the molecule is COC(=O)c1cc2nn(C3CCC(COC(=O)C(F)(F)F)CC3)cc2cc1[N+](=O)[O-]. The average Bonchev–Trinajstić information content (AvgIpc) is 3.13. The van der Waals surface area contributed by atoms with Crippen LogP contribution in [0.15, 0.2) is 18.3 Å². The van der Waals surface area contributed by atoms with Gasteiger partial charge in [-0.25, -0.2) is 9.59 Å². The van der Waals surface area contributed by atoms with Crippen molar-refractivity contribution in [2.24, 2.45) is 5.92 Å². The maximum absolute atomic E-state index is 12.2. The van der Waals surface area contributed by atoms with Crippen LogP contribution in [0.2, 0.25) is 0 Å². The molecule has 3 rings (SSSR count). The number of carbonyl (C=O) groups excluding carboxylic acids is 2. The predicted octanol–water partition coefficient (Wildman–Crippen LogP) is 3.57. The average molecular weight is 429 g/mol. The number of aromatic nitrogens is 2. The van der Waals surface area contributed by atoms with Gasteiger partial charge in [-0.3, -0.25) is 14.8 Å². The van der Waals surface area contributed by atoms with Crippen molar-refractivity contribution in [2.75, 3.05) is 13.7 Å². The molecule has 0 unspecified atom stereocenters. The number of methoxy groups -OCH3 is 1. The molecule has 0 saturated heterocycles. The molecule has 162 valence electrons. The Morgan fingerprint density at radius 1 is 1.27 bits per heavy atom. The number of nitro groups is 1. The molecule has 0 radical (unpaired) electrons. The number of benzene rings is 1. The lowest BCUT2D eigenvalue weighted by molar-refractivity contribution is -0.385. The highest BCUT2D eigenvalue weighted by Crippen LogP contribution is 2.34. The van der Waals surface area contributed by atoms with Crippen LogP contribution >= 0.6 is 0 Å². The van der Waals surface area contributed by atoms with E-state index in [0.717, 1.165) is 7.11 Å². The molecule has 2 aromatic rings. The highest BCUT2D eigenvalue weighted by molar-refractivity contribution is 5.99. The Balaban J connectivity index is 1.70. The summed E-state index contributed by atoms with van der Waals surface area (Å²) in [5, 5.41) is 16.1. The fourth-order valence-corrected chi connectivity index (χ4v) is 3.54. The molecule has 1 aromatic carbocycles. The highest BCUT2D eigenvalue weighted by Gasteiger charge is 2.41. The van der Waals surface area contributed by atoms with Gasteiger partial charge in [0.2, 0.25) is 0 Å². The van der Waals surface area contributed by atoms with Gasteiger partial charge in [-0.2, -0.15) is 18.3 Å². The van der Waals surface area contributed by atoms with Gasteiger partial charge in [0.25, 0.3) is 5.69 Å². The molecule has 0 spiro atoms. The van der Waals surface area contributed by atoms with E-state index in [4.69, 9.17) is 0 Å². The summed E-state index contributed by atoms with van der Waals surface area (Å²) in [6.07, 6.45) is -1.10. The van der Waals surface area contributed by atoms with Gasteiger partial charge in [-0.15, -0.1) is 0 Å². The monoisotopic (exact) mass is 429 g/mol. The third-order valence-corrected chi connectivity index (χ3v) is 5.11. The predicted molar refractivity (Wildman–Crippen MR) is 95.7 cm³/mol. The minimum atomic E-state index is -5.00. The van der Waals surface area contributed by atoms with E-state index in [2.05, 4.69) is 14.6 Å². The second kappa shape index (κ2) is 8.28. The van der Waals surface area contributed by atoms with Crippen LogP contribution in [-0.4, -0.2) is 46.5 Å². The van der Waals surface area contributed by atoms with Crippen molar-refractivity contribution in [1.29, 1.82) is 0 Å². The molecule has 1 fully saturated rings. The van der Waals surface area contributed by atoms with Crippen molar-refractivity contribution in [3.63, 3.8) is 0 Å². The first kappa shape index (κ1) is 21.5. The van der Waals surface area contributed by atoms with E-state index in [1.807, 2.05) is 0 Å². The number of carbonyl (C=O) groups is 2. The van der Waals surface area contributed by atoms with Gasteiger partial charge in [-0.05, 0) is 37.7 Å². The van der Waals surface area contributed by atoms with Crippen LogP contribution in [0, 0.1) is 16.0 Å². The molecular weight excluding hydrogens is 411 g/mol. The van der Waals surface area contributed by atoms with E-state index in [1.165, 1.54) is 12.1 Å². The summed E-state index contributed by atoms with van der Waals surface area (Å²) in [7, 11) is 1.12. The second-order valence-electron chi connectivity index (χ2n) is 7.06. The standard InChI is InChI=1S/C18H18F3N3O6/c1-29-16(25)13-7-14-11(6-15(13)24(27)28)8-23(22-14)12-4-2-10(3-5-12)9-30-17(26)18(19,20)21/h6-8,10,12H,2-5,9H2,1H3. The second-order valence-corrected chi connectivity index (χ2v) is 7.06. The molecule has 12 heteroatoms. The van der Waals surface area contributed by atoms with Crippen molar-refractivity contribution in [2.45, 2.75) is 37.9 Å². The summed E-state index contributed by atoms with van der Waals surface area (Å²) in [6.45, 7) is -0.291. The molecule has 0 aliphatic heterocycles. The minimum absolute atomic E-state index is 0.0624. The zero-order chi connectivity index (χ0) is 22.1. The third-order valence-electron chi connectivity index (χ3n) is 5.11. The topological polar surface area (TPSA) is 114 Å². The van der Waals surface area contributed by atoms with E-state index < -0.39 is 23.0 Å². The summed E-state index contributed by atoms with van der Waals surface area (Å²) < 4.78 is 47.2. The highest BCUT2D eigenvalue weighted by atomic mass is 19.4. The van der Waals surface area contributed by atoms with Crippen molar-refractivity contribution in [3.05, 3.63) is 34.0 Å². The van der Waals surface area contributed by atoms with Crippen molar-refractivity contribution in [1.82, 2.24) is 9.78 Å². The summed E-state index contributed by atoms with van der Waals surface area (Å²) in [5.41, 5.74) is -0.193. The van der Waals surface area contributed by atoms with Gasteiger partial charge in [0, 0.05) is 17.6 Å². The summed E-state index contributed by atoms with van der Waals surface area (Å²) in [5.74, 6) is -3.21. The van der Waals surface area contributed by atoms with Crippen LogP contribution in [-0.2, 0) is 14.3 Å².